The van der Waals surface area contributed by atoms with Crippen LogP contribution in [0.15, 0.2) is 58.2 Å². The van der Waals surface area contributed by atoms with E-state index in [-0.39, 0.29) is 41.3 Å². The van der Waals surface area contributed by atoms with Gasteiger partial charge in [0.15, 0.2) is 11.4 Å². The first-order chi connectivity index (χ1) is 31.0. The van der Waals surface area contributed by atoms with Crippen LogP contribution in [-0.4, -0.2) is 102 Å². The summed E-state index contributed by atoms with van der Waals surface area (Å²) in [6, 6.07) is 9.18. The van der Waals surface area contributed by atoms with Crippen LogP contribution in [0.2, 0.25) is 0 Å². The molecule has 1 atom stereocenters. The van der Waals surface area contributed by atoms with Gasteiger partial charge in [-0.3, -0.25) is 33.5 Å². The SMILES string of the molecule is CN(CC1CCC(n2cc(NC(=O)c3coc(-c4ccnc(NCC5CC5)c4)n3)c(C(F)F)n2)CC1)C1CCN(CCCc2cccc3c2n(C)c(=O)n3C2CCC(=O)NC2=O)CC1. The first-order valence-electron chi connectivity index (χ1n) is 22.8. The molecule has 3 N–H and O–H groups in total. The fourth-order valence-electron chi connectivity index (χ4n) is 9.95. The van der Waals surface area contributed by atoms with Crippen LogP contribution in [-0.2, 0) is 23.1 Å². The van der Waals surface area contributed by atoms with Gasteiger partial charge in [-0.1, -0.05) is 12.1 Å². The van der Waals surface area contributed by atoms with Gasteiger partial charge < -0.3 is 24.9 Å². The van der Waals surface area contributed by atoms with Crippen LogP contribution in [0.3, 0.4) is 0 Å². The molecule has 1 unspecified atom stereocenters. The van der Waals surface area contributed by atoms with Crippen molar-refractivity contribution in [1.82, 2.24) is 44.0 Å². The minimum absolute atomic E-state index is 0.0240. The summed E-state index contributed by atoms with van der Waals surface area (Å²) in [5, 5.41) is 12.6. The van der Waals surface area contributed by atoms with E-state index in [9.17, 15) is 28.0 Å². The lowest BCUT2D eigenvalue weighted by Crippen LogP contribution is -2.45. The third-order valence-corrected chi connectivity index (χ3v) is 13.8. The number of amides is 3. The van der Waals surface area contributed by atoms with Crippen molar-refractivity contribution in [3.63, 3.8) is 0 Å². The maximum atomic E-state index is 14.2. The molecule has 0 radical (unpaired) electrons. The Labute approximate surface area is 369 Å². The summed E-state index contributed by atoms with van der Waals surface area (Å²) >= 11 is 0. The number of halogens is 2. The second kappa shape index (κ2) is 18.8. The Kier molecular flexibility index (Phi) is 12.8. The number of carbonyl (C=O) groups is 3. The van der Waals surface area contributed by atoms with E-state index in [0.717, 1.165) is 101 Å². The van der Waals surface area contributed by atoms with Crippen molar-refractivity contribution in [2.75, 3.05) is 50.4 Å². The summed E-state index contributed by atoms with van der Waals surface area (Å²) < 4.78 is 38.8. The number of rotatable bonds is 16. The number of pyridine rings is 1. The van der Waals surface area contributed by atoms with Crippen molar-refractivity contribution < 1.29 is 27.6 Å². The Morgan fingerprint density at radius 3 is 2.55 bits per heavy atom. The largest absolute Gasteiger partial charge is 0.444 e. The summed E-state index contributed by atoms with van der Waals surface area (Å²) in [6.45, 7) is 4.82. The van der Waals surface area contributed by atoms with Gasteiger partial charge in [-0.25, -0.2) is 23.5 Å². The average Bonchev–Trinajstić information content (AvgIpc) is 3.70. The lowest BCUT2D eigenvalue weighted by atomic mass is 9.85. The Bertz CT molecular complexity index is 2540. The lowest BCUT2D eigenvalue weighted by molar-refractivity contribution is -0.135. The number of aromatic nitrogens is 6. The number of likely N-dealkylation sites (tertiary alicyclic amines) is 1. The number of imidazole rings is 1. The molecule has 4 aromatic heterocycles. The molecule has 2 saturated heterocycles. The highest BCUT2D eigenvalue weighted by atomic mass is 19.3. The van der Waals surface area contributed by atoms with Crippen molar-refractivity contribution in [3.05, 3.63) is 76.4 Å². The van der Waals surface area contributed by atoms with E-state index in [1.807, 2.05) is 12.1 Å². The molecule has 0 spiro atoms. The number of hydrogen-bond acceptors (Lipinski definition) is 11. The number of hydrogen-bond donors (Lipinski definition) is 3. The van der Waals surface area contributed by atoms with Crippen molar-refractivity contribution in [2.45, 2.75) is 102 Å². The van der Waals surface area contributed by atoms with Crippen LogP contribution >= 0.6 is 0 Å². The molecule has 5 aromatic rings. The molecule has 2 saturated carbocycles. The summed E-state index contributed by atoms with van der Waals surface area (Å²) in [5.41, 5.74) is 2.52. The van der Waals surface area contributed by atoms with Crippen LogP contribution in [0.5, 0.6) is 0 Å². The minimum atomic E-state index is -2.86. The zero-order valence-electron chi connectivity index (χ0n) is 36.5. The van der Waals surface area contributed by atoms with Gasteiger partial charge in [0.2, 0.25) is 17.7 Å². The zero-order valence-corrected chi connectivity index (χ0v) is 36.5. The van der Waals surface area contributed by atoms with Crippen molar-refractivity contribution in [1.29, 1.82) is 0 Å². The molecular weight excluding hydrogens is 825 g/mol. The third-order valence-electron chi connectivity index (χ3n) is 13.8. The Hall–Kier alpha value is -5.75. The molecule has 4 fully saturated rings. The first-order valence-corrected chi connectivity index (χ1v) is 22.8. The zero-order chi connectivity index (χ0) is 44.5. The number of piperidine rings is 2. The molecule has 16 nitrogen and oxygen atoms in total. The molecule has 1 aromatic carbocycles. The molecule has 2 aliphatic heterocycles. The fraction of sp³-hybridized carbons (Fsp3) is 0.543. The number of nitrogens with zero attached hydrogens (tertiary/aromatic N) is 8. The molecule has 3 amide bonds. The normalized spacial score (nSPS) is 21.2. The van der Waals surface area contributed by atoms with Gasteiger partial charge >= 0.3 is 5.69 Å². The van der Waals surface area contributed by atoms with Crippen LogP contribution < -0.4 is 21.6 Å². The first kappa shape index (κ1) is 43.5. The Balaban J connectivity index is 0.725. The van der Waals surface area contributed by atoms with Crippen molar-refractivity contribution >= 4 is 40.3 Å². The van der Waals surface area contributed by atoms with E-state index in [4.69, 9.17) is 4.42 Å². The van der Waals surface area contributed by atoms with E-state index < -0.39 is 30.0 Å². The van der Waals surface area contributed by atoms with E-state index >= 15 is 0 Å². The Morgan fingerprint density at radius 2 is 1.80 bits per heavy atom. The number of anilines is 2. The third kappa shape index (κ3) is 9.53. The molecule has 4 aliphatic rings. The predicted octanol–water partition coefficient (Wildman–Crippen LogP) is 6.34. The van der Waals surface area contributed by atoms with Crippen LogP contribution in [0.4, 0.5) is 20.3 Å². The molecule has 9 rings (SSSR count). The minimum Gasteiger partial charge on any atom is -0.444 e. The van der Waals surface area contributed by atoms with Gasteiger partial charge in [-0.2, -0.15) is 5.10 Å². The molecular formula is C46H57F2N11O5. The number of para-hydroxylation sites is 1. The van der Waals surface area contributed by atoms with E-state index in [0.29, 0.717) is 35.7 Å². The number of alkyl halides is 2. The maximum Gasteiger partial charge on any atom is 0.329 e. The van der Waals surface area contributed by atoms with Crippen LogP contribution in [0, 0.1) is 11.8 Å². The van der Waals surface area contributed by atoms with E-state index in [1.165, 1.54) is 25.3 Å². The van der Waals surface area contributed by atoms with Gasteiger partial charge in [0.25, 0.3) is 12.3 Å². The van der Waals surface area contributed by atoms with Gasteiger partial charge in [-0.05, 0) is 133 Å². The second-order valence-electron chi connectivity index (χ2n) is 18.2. The van der Waals surface area contributed by atoms with Crippen molar-refractivity contribution in [2.24, 2.45) is 18.9 Å². The number of nitrogens with one attached hydrogen (secondary N) is 3. The number of fused-ring (bicyclic) bond motifs is 1. The monoisotopic (exact) mass is 881 g/mol. The summed E-state index contributed by atoms with van der Waals surface area (Å²) in [7, 11) is 3.96. The highest BCUT2D eigenvalue weighted by molar-refractivity contribution is 6.03. The fourth-order valence-corrected chi connectivity index (χ4v) is 9.95. The summed E-state index contributed by atoms with van der Waals surface area (Å²) in [5.74, 6) is 0.708. The Morgan fingerprint density at radius 1 is 1.02 bits per heavy atom. The molecule has 64 heavy (non-hydrogen) atoms. The topological polar surface area (TPSA) is 177 Å². The predicted molar refractivity (Wildman–Crippen MR) is 236 cm³/mol. The van der Waals surface area contributed by atoms with Crippen LogP contribution in [0.25, 0.3) is 22.5 Å². The molecule has 6 heterocycles. The number of imide groups is 1. The van der Waals surface area contributed by atoms with Crippen LogP contribution in [0.1, 0.15) is 111 Å². The van der Waals surface area contributed by atoms with Gasteiger partial charge in [-0.15, -0.1) is 0 Å². The maximum absolute atomic E-state index is 14.2. The molecule has 0 bridgehead atoms. The van der Waals surface area contributed by atoms with Gasteiger partial charge in [0, 0.05) is 50.6 Å². The summed E-state index contributed by atoms with van der Waals surface area (Å²) in [4.78, 5) is 64.6. The average molecular weight is 882 g/mol. The van der Waals surface area contributed by atoms with E-state index in [2.05, 4.69) is 53.9 Å². The highest BCUT2D eigenvalue weighted by Crippen LogP contribution is 2.36. The molecule has 18 heteroatoms. The highest BCUT2D eigenvalue weighted by Gasteiger charge is 2.33. The molecule has 340 valence electrons. The number of carbonyl (C=O) groups excluding carboxylic acids is 3. The van der Waals surface area contributed by atoms with Gasteiger partial charge in [0.05, 0.1) is 22.8 Å². The molecule has 2 aliphatic carbocycles. The van der Waals surface area contributed by atoms with E-state index in [1.54, 1.807) is 39.2 Å². The van der Waals surface area contributed by atoms with Gasteiger partial charge in [0.1, 0.15) is 18.1 Å². The number of oxazole rings is 1. The quantitative estimate of drug-likeness (QED) is 0.0944. The standard InChI is InChI=1S/C46H57F2N11O5/c1-55(32-17-21-57(22-18-32)20-4-6-30-5-3-7-36-41(30)56(2)46(63)59(36)37-14-15-39(60)53-44(37)62)25-29-10-12-33(13-11-29)58-26-34(40(54-58)42(47)48)51-43(61)35-27-64-45(52-35)31-16-19-49-38(23-31)50-24-28-8-9-28/h3,5,7,16,19,23,26-29,32-33,37,42H,4,6,8-15,17-18,20-22,24-25H2,1-2H3,(H,49,50)(H,51,61)(H,53,60,62). The lowest BCUT2D eigenvalue weighted by Gasteiger charge is -2.39. The summed E-state index contributed by atoms with van der Waals surface area (Å²) in [6.07, 6.45) is 11.9. The van der Waals surface area contributed by atoms with Crippen molar-refractivity contribution in [3.8, 4) is 11.5 Å². The second-order valence-corrected chi connectivity index (χ2v) is 18.2. The smallest absolute Gasteiger partial charge is 0.329 e. The number of aryl methyl sites for hydroxylation is 2. The number of benzene rings is 1.